The van der Waals surface area contributed by atoms with Crippen LogP contribution in [0.3, 0.4) is 0 Å². The molecule has 0 aliphatic carbocycles. The number of aromatic nitrogens is 2. The van der Waals surface area contributed by atoms with Crippen LogP contribution in [0, 0.1) is 0 Å². The number of ether oxygens (including phenoxy) is 1. The molecule has 0 saturated carbocycles. The lowest BCUT2D eigenvalue weighted by atomic mass is 9.95. The third-order valence-corrected chi connectivity index (χ3v) is 4.69. The average Bonchev–Trinajstić information content (AvgIpc) is 3.05. The van der Waals surface area contributed by atoms with E-state index in [1.165, 1.54) is 24.4 Å². The number of nitrogens with zero attached hydrogens (tertiary/aromatic N) is 3. The molecule has 3 aromatic rings. The first kappa shape index (κ1) is 18.4. The second kappa shape index (κ2) is 7.55. The number of Topliss-reactive ketones (excluding diaryl/α,β-unsaturated/α-hetero) is 1. The molecule has 4 rings (SSSR count). The lowest BCUT2D eigenvalue weighted by Crippen LogP contribution is -2.31. The topological polar surface area (TPSA) is 92.6 Å². The first-order valence-electron chi connectivity index (χ1n) is 8.89. The zero-order valence-electron chi connectivity index (χ0n) is 15.5. The van der Waals surface area contributed by atoms with Crippen LogP contribution in [0.5, 0.6) is 5.75 Å². The number of methoxy groups -OCH3 is 1. The van der Waals surface area contributed by atoms with Crippen molar-refractivity contribution in [2.45, 2.75) is 6.04 Å². The standard InChI is InChI=1S/C22H17N3O4/c1-29-16-10-8-15(9-11-16)19(26)17-18(14-6-3-2-4-7-14)25(21(28)20(17)27)22-23-12-5-13-24-22/h2-13,18,26H,1H3/t18-/m0/s1. The number of aliphatic hydroxyl groups excluding tert-OH is 1. The van der Waals surface area contributed by atoms with E-state index in [2.05, 4.69) is 9.97 Å². The molecule has 1 N–H and O–H groups in total. The molecule has 2 heterocycles. The Kier molecular flexibility index (Phi) is 4.78. The fraction of sp³-hybridized carbons (Fsp3) is 0.0909. The van der Waals surface area contributed by atoms with Crippen LogP contribution in [0.2, 0.25) is 0 Å². The minimum atomic E-state index is -0.847. The lowest BCUT2D eigenvalue weighted by molar-refractivity contribution is -0.132. The van der Waals surface area contributed by atoms with Gasteiger partial charge >= 0.3 is 5.91 Å². The molecule has 0 spiro atoms. The number of carbonyl (C=O) groups is 2. The highest BCUT2D eigenvalue weighted by Gasteiger charge is 2.48. The molecule has 0 bridgehead atoms. The van der Waals surface area contributed by atoms with Gasteiger partial charge in [0, 0.05) is 18.0 Å². The van der Waals surface area contributed by atoms with Crippen LogP contribution in [0.4, 0.5) is 5.95 Å². The van der Waals surface area contributed by atoms with Crippen LogP contribution < -0.4 is 9.64 Å². The number of benzene rings is 2. The number of carbonyl (C=O) groups excluding carboxylic acids is 2. The zero-order valence-corrected chi connectivity index (χ0v) is 15.5. The van der Waals surface area contributed by atoms with Crippen LogP contribution in [0.15, 0.2) is 78.6 Å². The Morgan fingerprint density at radius 2 is 1.62 bits per heavy atom. The Labute approximate surface area is 166 Å². The lowest BCUT2D eigenvalue weighted by Gasteiger charge is -2.23. The highest BCUT2D eigenvalue weighted by atomic mass is 16.5. The van der Waals surface area contributed by atoms with Gasteiger partial charge in [-0.3, -0.25) is 14.5 Å². The normalized spacial score (nSPS) is 18.1. The number of rotatable bonds is 4. The zero-order chi connectivity index (χ0) is 20.4. The van der Waals surface area contributed by atoms with Crippen molar-refractivity contribution in [2.75, 3.05) is 12.0 Å². The van der Waals surface area contributed by atoms with E-state index in [0.717, 1.165) is 0 Å². The molecule has 0 unspecified atom stereocenters. The smallest absolute Gasteiger partial charge is 0.302 e. The molecule has 1 fully saturated rings. The van der Waals surface area contributed by atoms with Gasteiger partial charge in [0.2, 0.25) is 5.95 Å². The summed E-state index contributed by atoms with van der Waals surface area (Å²) in [5.41, 5.74) is 1.05. The molecular weight excluding hydrogens is 370 g/mol. The molecule has 1 aliphatic heterocycles. The van der Waals surface area contributed by atoms with E-state index in [-0.39, 0.29) is 17.3 Å². The maximum Gasteiger partial charge on any atom is 0.302 e. The van der Waals surface area contributed by atoms with Gasteiger partial charge in [0.05, 0.1) is 18.7 Å². The van der Waals surface area contributed by atoms with Crippen molar-refractivity contribution in [3.05, 3.63) is 89.8 Å². The van der Waals surface area contributed by atoms with Crippen LogP contribution in [-0.4, -0.2) is 33.9 Å². The molecule has 1 saturated heterocycles. The maximum absolute atomic E-state index is 12.9. The molecule has 7 heteroatoms. The van der Waals surface area contributed by atoms with Crippen molar-refractivity contribution in [1.29, 1.82) is 0 Å². The monoisotopic (exact) mass is 387 g/mol. The number of hydrogen-bond donors (Lipinski definition) is 1. The van der Waals surface area contributed by atoms with Crippen LogP contribution >= 0.6 is 0 Å². The maximum atomic E-state index is 12.9. The van der Waals surface area contributed by atoms with Crippen LogP contribution in [0.1, 0.15) is 17.2 Å². The summed E-state index contributed by atoms with van der Waals surface area (Å²) in [5.74, 6) is -1.14. The largest absolute Gasteiger partial charge is 0.507 e. The molecule has 144 valence electrons. The Bertz CT molecular complexity index is 1080. The van der Waals surface area contributed by atoms with Crippen LogP contribution in [0.25, 0.3) is 5.76 Å². The number of amides is 1. The van der Waals surface area contributed by atoms with Gasteiger partial charge in [-0.05, 0) is 35.9 Å². The van der Waals surface area contributed by atoms with E-state index in [9.17, 15) is 14.7 Å². The van der Waals surface area contributed by atoms with E-state index < -0.39 is 17.7 Å². The van der Waals surface area contributed by atoms with Crippen molar-refractivity contribution in [2.24, 2.45) is 0 Å². The molecule has 2 aromatic carbocycles. The third-order valence-electron chi connectivity index (χ3n) is 4.69. The van der Waals surface area contributed by atoms with Gasteiger partial charge in [-0.25, -0.2) is 9.97 Å². The number of ketones is 1. The summed E-state index contributed by atoms with van der Waals surface area (Å²) in [4.78, 5) is 35.3. The molecule has 0 radical (unpaired) electrons. The van der Waals surface area contributed by atoms with Crippen molar-refractivity contribution in [1.82, 2.24) is 9.97 Å². The third kappa shape index (κ3) is 3.23. The van der Waals surface area contributed by atoms with E-state index >= 15 is 0 Å². The first-order chi connectivity index (χ1) is 14.1. The van der Waals surface area contributed by atoms with E-state index in [1.807, 2.05) is 6.07 Å². The molecule has 7 nitrogen and oxygen atoms in total. The Morgan fingerprint density at radius 3 is 2.24 bits per heavy atom. The number of anilines is 1. The van der Waals surface area contributed by atoms with Gasteiger partial charge in [-0.15, -0.1) is 0 Å². The van der Waals surface area contributed by atoms with Gasteiger partial charge < -0.3 is 9.84 Å². The highest BCUT2D eigenvalue weighted by Crippen LogP contribution is 2.40. The van der Waals surface area contributed by atoms with Crippen molar-refractivity contribution < 1.29 is 19.4 Å². The summed E-state index contributed by atoms with van der Waals surface area (Å²) in [7, 11) is 1.54. The van der Waals surface area contributed by atoms with Crippen LogP contribution in [-0.2, 0) is 9.59 Å². The SMILES string of the molecule is COc1ccc(C(O)=C2C(=O)C(=O)N(c3ncccn3)[C@H]2c2ccccc2)cc1. The Morgan fingerprint density at radius 1 is 0.966 bits per heavy atom. The second-order valence-electron chi connectivity index (χ2n) is 6.36. The summed E-state index contributed by atoms with van der Waals surface area (Å²) in [5, 5.41) is 11.0. The highest BCUT2D eigenvalue weighted by molar-refractivity contribution is 6.51. The minimum Gasteiger partial charge on any atom is -0.507 e. The van der Waals surface area contributed by atoms with Crippen molar-refractivity contribution in [3.63, 3.8) is 0 Å². The Hall–Kier alpha value is -4.00. The average molecular weight is 387 g/mol. The Balaban J connectivity index is 1.91. The molecule has 1 amide bonds. The predicted molar refractivity (Wildman–Crippen MR) is 106 cm³/mol. The summed E-state index contributed by atoms with van der Waals surface area (Å²) in [6.45, 7) is 0. The summed E-state index contributed by atoms with van der Waals surface area (Å²) >= 11 is 0. The van der Waals surface area contributed by atoms with Gasteiger partial charge in [0.1, 0.15) is 11.5 Å². The second-order valence-corrected chi connectivity index (χ2v) is 6.36. The molecular formula is C22H17N3O4. The van der Waals surface area contributed by atoms with E-state index in [0.29, 0.717) is 16.9 Å². The quantitative estimate of drug-likeness (QED) is 0.420. The van der Waals surface area contributed by atoms with E-state index in [4.69, 9.17) is 4.74 Å². The van der Waals surface area contributed by atoms with Gasteiger partial charge in [0.15, 0.2) is 0 Å². The number of aliphatic hydroxyl groups is 1. The minimum absolute atomic E-state index is 0.0150. The summed E-state index contributed by atoms with van der Waals surface area (Å²) < 4.78 is 5.13. The number of hydrogen-bond acceptors (Lipinski definition) is 6. The summed E-state index contributed by atoms with van der Waals surface area (Å²) in [6, 6.07) is 16.4. The van der Waals surface area contributed by atoms with Gasteiger partial charge in [0.25, 0.3) is 5.78 Å². The van der Waals surface area contributed by atoms with E-state index in [1.54, 1.807) is 54.6 Å². The fourth-order valence-electron chi connectivity index (χ4n) is 3.31. The molecule has 1 aromatic heterocycles. The predicted octanol–water partition coefficient (Wildman–Crippen LogP) is 3.11. The molecule has 1 atom stereocenters. The molecule has 1 aliphatic rings. The fourth-order valence-corrected chi connectivity index (χ4v) is 3.31. The van der Waals surface area contributed by atoms with Crippen molar-refractivity contribution in [3.8, 4) is 5.75 Å². The van der Waals surface area contributed by atoms with Gasteiger partial charge in [-0.2, -0.15) is 0 Å². The summed E-state index contributed by atoms with van der Waals surface area (Å²) in [6.07, 6.45) is 2.99. The van der Waals surface area contributed by atoms with Gasteiger partial charge in [-0.1, -0.05) is 30.3 Å². The first-order valence-corrected chi connectivity index (χ1v) is 8.89. The molecule has 29 heavy (non-hydrogen) atoms. The van der Waals surface area contributed by atoms with Crippen molar-refractivity contribution >= 4 is 23.4 Å².